The Morgan fingerprint density at radius 2 is 1.83 bits per heavy atom. The molecule has 0 aliphatic heterocycles. The molecule has 128 valence electrons. The Kier molecular flexibility index (Phi) is 6.97. The van der Waals surface area contributed by atoms with E-state index < -0.39 is 0 Å². The Morgan fingerprint density at radius 1 is 1.04 bits per heavy atom. The maximum Gasteiger partial charge on any atom is 0.170 e. The number of benzene rings is 2. The summed E-state index contributed by atoms with van der Waals surface area (Å²) >= 11 is 17.2. The van der Waals surface area contributed by atoms with E-state index in [4.69, 9.17) is 44.9 Å². The van der Waals surface area contributed by atoms with Gasteiger partial charge in [0.2, 0.25) is 0 Å². The van der Waals surface area contributed by atoms with E-state index >= 15 is 0 Å². The van der Waals surface area contributed by atoms with Crippen LogP contribution in [-0.2, 0) is 6.42 Å². The fourth-order valence-corrected chi connectivity index (χ4v) is 2.63. The average molecular weight is 385 g/mol. The van der Waals surface area contributed by atoms with Gasteiger partial charge in [0.15, 0.2) is 5.11 Å². The monoisotopic (exact) mass is 384 g/mol. The van der Waals surface area contributed by atoms with Gasteiger partial charge in [0, 0.05) is 12.6 Å². The normalized spacial score (nSPS) is 10.2. The maximum absolute atomic E-state index is 6.01. The Labute approximate surface area is 157 Å². The van der Waals surface area contributed by atoms with Gasteiger partial charge in [-0.25, -0.2) is 0 Å². The highest BCUT2D eigenvalue weighted by atomic mass is 35.5. The highest BCUT2D eigenvalue weighted by molar-refractivity contribution is 7.80. The molecule has 2 rings (SSSR count). The molecule has 24 heavy (non-hydrogen) atoms. The molecule has 0 atom stereocenters. The van der Waals surface area contributed by atoms with Crippen molar-refractivity contribution < 1.29 is 9.47 Å². The predicted molar refractivity (Wildman–Crippen MR) is 104 cm³/mol. The molecule has 0 unspecified atom stereocenters. The third kappa shape index (κ3) is 5.16. The molecular formula is C17H18Cl2N2O2S. The van der Waals surface area contributed by atoms with Crippen LogP contribution in [0.2, 0.25) is 10.0 Å². The van der Waals surface area contributed by atoms with Crippen molar-refractivity contribution in [2.45, 2.75) is 6.42 Å². The van der Waals surface area contributed by atoms with Gasteiger partial charge in [0.1, 0.15) is 11.5 Å². The number of nitrogens with one attached hydrogen (secondary N) is 2. The van der Waals surface area contributed by atoms with Crippen LogP contribution in [0, 0.1) is 0 Å². The summed E-state index contributed by atoms with van der Waals surface area (Å²) in [5, 5.41) is 7.87. The lowest BCUT2D eigenvalue weighted by Crippen LogP contribution is -2.30. The fourth-order valence-electron chi connectivity index (χ4n) is 2.09. The molecule has 0 spiro atoms. The molecule has 7 heteroatoms. The van der Waals surface area contributed by atoms with Crippen molar-refractivity contribution in [3.8, 4) is 11.5 Å². The van der Waals surface area contributed by atoms with Crippen molar-refractivity contribution in [2.24, 2.45) is 0 Å². The minimum absolute atomic E-state index is 0.501. The first-order valence-electron chi connectivity index (χ1n) is 7.24. The Morgan fingerprint density at radius 3 is 2.50 bits per heavy atom. The molecule has 0 aliphatic carbocycles. The van der Waals surface area contributed by atoms with Crippen molar-refractivity contribution in [2.75, 3.05) is 26.1 Å². The van der Waals surface area contributed by atoms with Gasteiger partial charge < -0.3 is 20.1 Å². The Bertz CT molecular complexity index is 726. The summed E-state index contributed by atoms with van der Waals surface area (Å²) in [7, 11) is 3.22. The van der Waals surface area contributed by atoms with Gasteiger partial charge >= 0.3 is 0 Å². The third-order valence-electron chi connectivity index (χ3n) is 3.34. The van der Waals surface area contributed by atoms with E-state index in [-0.39, 0.29) is 0 Å². The van der Waals surface area contributed by atoms with Crippen molar-refractivity contribution in [1.82, 2.24) is 5.32 Å². The molecular weight excluding hydrogens is 367 g/mol. The molecule has 2 N–H and O–H groups in total. The lowest BCUT2D eigenvalue weighted by molar-refractivity contribution is 0.405. The second-order valence-corrected chi connectivity index (χ2v) is 6.17. The van der Waals surface area contributed by atoms with Crippen molar-refractivity contribution in [1.29, 1.82) is 0 Å². The highest BCUT2D eigenvalue weighted by Gasteiger charge is 2.07. The van der Waals surface area contributed by atoms with E-state index in [2.05, 4.69) is 10.6 Å². The lowest BCUT2D eigenvalue weighted by atomic mass is 10.1. The van der Waals surface area contributed by atoms with Crippen LogP contribution in [0.15, 0.2) is 36.4 Å². The van der Waals surface area contributed by atoms with Crippen LogP contribution < -0.4 is 20.1 Å². The lowest BCUT2D eigenvalue weighted by Gasteiger charge is -2.14. The molecule has 4 nitrogen and oxygen atoms in total. The number of hydrogen-bond donors (Lipinski definition) is 2. The van der Waals surface area contributed by atoms with Crippen LogP contribution in [0.5, 0.6) is 11.5 Å². The van der Waals surface area contributed by atoms with Crippen LogP contribution in [-0.4, -0.2) is 25.9 Å². The van der Waals surface area contributed by atoms with E-state index in [1.165, 1.54) is 0 Å². The molecule has 0 fully saturated rings. The summed E-state index contributed by atoms with van der Waals surface area (Å²) in [6.45, 7) is 0.663. The molecule has 0 saturated heterocycles. The quantitative estimate of drug-likeness (QED) is 0.715. The van der Waals surface area contributed by atoms with Crippen LogP contribution >= 0.6 is 35.4 Å². The molecule has 0 heterocycles. The van der Waals surface area contributed by atoms with Crippen molar-refractivity contribution >= 4 is 46.2 Å². The summed E-state index contributed by atoms with van der Waals surface area (Å²) in [6, 6.07) is 11.1. The molecule has 0 bridgehead atoms. The summed E-state index contributed by atoms with van der Waals surface area (Å²) < 4.78 is 10.5. The van der Waals surface area contributed by atoms with E-state index in [0.717, 1.165) is 23.4 Å². The molecule has 0 aliphatic rings. The zero-order chi connectivity index (χ0) is 17.5. The minimum Gasteiger partial charge on any atom is -0.497 e. The first-order valence-corrected chi connectivity index (χ1v) is 8.40. The van der Waals surface area contributed by atoms with Crippen molar-refractivity contribution in [3.05, 3.63) is 52.0 Å². The van der Waals surface area contributed by atoms with Crippen molar-refractivity contribution in [3.63, 3.8) is 0 Å². The van der Waals surface area contributed by atoms with E-state index in [0.29, 0.717) is 27.5 Å². The molecule has 0 aromatic heterocycles. The zero-order valence-electron chi connectivity index (χ0n) is 13.4. The van der Waals surface area contributed by atoms with Gasteiger partial charge in [0.25, 0.3) is 0 Å². The molecule has 0 amide bonds. The number of rotatable bonds is 6. The van der Waals surface area contributed by atoms with Crippen LogP contribution in [0.1, 0.15) is 5.56 Å². The smallest absolute Gasteiger partial charge is 0.170 e. The summed E-state index contributed by atoms with van der Waals surface area (Å²) in [5.41, 5.74) is 1.82. The predicted octanol–water partition coefficient (Wildman–Crippen LogP) is 4.54. The summed E-state index contributed by atoms with van der Waals surface area (Å²) in [5.74, 6) is 1.40. The van der Waals surface area contributed by atoms with E-state index in [9.17, 15) is 0 Å². The second-order valence-electron chi connectivity index (χ2n) is 4.95. The molecule has 2 aromatic rings. The number of thiocarbonyl (C=S) groups is 1. The van der Waals surface area contributed by atoms with Gasteiger partial charge in [-0.3, -0.25) is 0 Å². The number of hydrogen-bond acceptors (Lipinski definition) is 3. The Balaban J connectivity index is 1.90. The van der Waals surface area contributed by atoms with Gasteiger partial charge in [-0.2, -0.15) is 0 Å². The van der Waals surface area contributed by atoms with Gasteiger partial charge in [-0.1, -0.05) is 29.3 Å². The Hall–Kier alpha value is -1.69. The topological polar surface area (TPSA) is 42.5 Å². The first kappa shape index (κ1) is 18.6. The van der Waals surface area contributed by atoms with Gasteiger partial charge in [-0.15, -0.1) is 0 Å². The van der Waals surface area contributed by atoms with Crippen LogP contribution in [0.4, 0.5) is 5.69 Å². The molecule has 0 radical (unpaired) electrons. The second kappa shape index (κ2) is 8.97. The highest BCUT2D eigenvalue weighted by Crippen LogP contribution is 2.28. The molecule has 0 saturated carbocycles. The minimum atomic E-state index is 0.501. The van der Waals surface area contributed by atoms with E-state index in [1.54, 1.807) is 20.3 Å². The fraction of sp³-hybridized carbons (Fsp3) is 0.235. The zero-order valence-corrected chi connectivity index (χ0v) is 15.7. The number of halogens is 2. The largest absolute Gasteiger partial charge is 0.497 e. The number of ether oxygens (including phenoxy) is 2. The maximum atomic E-state index is 6.01. The standard InChI is InChI=1S/C17H18Cl2N2O2S/c1-22-12-4-6-16(23-2)15(10-12)21-17(24)20-8-7-11-3-5-13(18)14(19)9-11/h3-6,9-10H,7-8H2,1-2H3,(H2,20,21,24). The van der Waals surface area contributed by atoms with Crippen LogP contribution in [0.3, 0.4) is 0 Å². The van der Waals surface area contributed by atoms with Gasteiger partial charge in [-0.05, 0) is 48.5 Å². The number of methoxy groups -OCH3 is 2. The van der Waals surface area contributed by atoms with Crippen LogP contribution in [0.25, 0.3) is 0 Å². The van der Waals surface area contributed by atoms with E-state index in [1.807, 2.05) is 30.3 Å². The summed E-state index contributed by atoms with van der Waals surface area (Å²) in [6.07, 6.45) is 0.772. The van der Waals surface area contributed by atoms with Gasteiger partial charge in [0.05, 0.1) is 30.0 Å². The SMILES string of the molecule is COc1ccc(OC)c(NC(=S)NCCc2ccc(Cl)c(Cl)c2)c1. The average Bonchev–Trinajstić information content (AvgIpc) is 2.58. The third-order valence-corrected chi connectivity index (χ3v) is 4.32. The number of anilines is 1. The first-order chi connectivity index (χ1) is 11.5. The summed E-state index contributed by atoms with van der Waals surface area (Å²) in [4.78, 5) is 0. The molecule has 2 aromatic carbocycles.